The first-order valence-electron chi connectivity index (χ1n) is 6.21. The van der Waals surface area contributed by atoms with Crippen molar-refractivity contribution in [3.63, 3.8) is 0 Å². The van der Waals surface area contributed by atoms with Crippen LogP contribution in [0.3, 0.4) is 0 Å². The van der Waals surface area contributed by atoms with E-state index in [-0.39, 0.29) is 11.6 Å². The molecule has 1 N–H and O–H groups in total. The lowest BCUT2D eigenvalue weighted by atomic mass is 10.1. The van der Waals surface area contributed by atoms with Crippen LogP contribution in [0.2, 0.25) is 0 Å². The van der Waals surface area contributed by atoms with Gasteiger partial charge in [-0.2, -0.15) is 0 Å². The maximum Gasteiger partial charge on any atom is 0.358 e. The van der Waals surface area contributed by atoms with Gasteiger partial charge in [0.15, 0.2) is 5.69 Å². The van der Waals surface area contributed by atoms with Crippen LogP contribution in [0.15, 0.2) is 12.4 Å². The van der Waals surface area contributed by atoms with E-state index in [1.807, 2.05) is 31.5 Å². The number of aryl methyl sites for hydroxylation is 1. The summed E-state index contributed by atoms with van der Waals surface area (Å²) in [4.78, 5) is 15.4. The highest BCUT2D eigenvalue weighted by Gasteiger charge is 2.22. The molecule has 2 rings (SSSR count). The molecule has 0 aromatic carbocycles. The summed E-state index contributed by atoms with van der Waals surface area (Å²) in [6.07, 6.45) is 3.61. The average Bonchev–Trinajstić information content (AvgIpc) is 2.95. The number of carboxylic acid groups (broad SMARTS) is 1. The third-order valence-electron chi connectivity index (χ3n) is 2.96. The Morgan fingerprint density at radius 2 is 2.21 bits per heavy atom. The fourth-order valence-corrected chi connectivity index (χ4v) is 2.07. The van der Waals surface area contributed by atoms with Gasteiger partial charge in [-0.05, 0) is 12.8 Å². The summed E-state index contributed by atoms with van der Waals surface area (Å²) in [5.74, 6) is -0.175. The monoisotopic (exact) mass is 263 g/mol. The van der Waals surface area contributed by atoms with Gasteiger partial charge >= 0.3 is 5.97 Å². The molecule has 0 bridgehead atoms. The van der Waals surface area contributed by atoms with E-state index in [0.29, 0.717) is 12.2 Å². The third kappa shape index (κ3) is 2.49. The second kappa shape index (κ2) is 5.21. The van der Waals surface area contributed by atoms with Crippen molar-refractivity contribution in [2.75, 3.05) is 0 Å². The summed E-state index contributed by atoms with van der Waals surface area (Å²) in [7, 11) is 0. The van der Waals surface area contributed by atoms with Gasteiger partial charge in [0.05, 0.1) is 5.69 Å². The van der Waals surface area contributed by atoms with Gasteiger partial charge in [0.1, 0.15) is 12.4 Å². The molecule has 0 spiro atoms. The maximum absolute atomic E-state index is 11.1. The molecule has 7 heteroatoms. The van der Waals surface area contributed by atoms with Crippen LogP contribution in [0.25, 0.3) is 0 Å². The molecule has 0 aliphatic heterocycles. The van der Waals surface area contributed by atoms with Crippen LogP contribution in [0.4, 0.5) is 0 Å². The number of imidazole rings is 1. The summed E-state index contributed by atoms with van der Waals surface area (Å²) in [5, 5.41) is 16.8. The lowest BCUT2D eigenvalue weighted by Gasteiger charge is -2.10. The van der Waals surface area contributed by atoms with Crippen LogP contribution < -0.4 is 0 Å². The van der Waals surface area contributed by atoms with Crippen LogP contribution >= 0.6 is 0 Å². The van der Waals surface area contributed by atoms with Crippen molar-refractivity contribution in [2.45, 2.75) is 39.8 Å². The van der Waals surface area contributed by atoms with Gasteiger partial charge in [0.25, 0.3) is 0 Å². The molecular weight excluding hydrogens is 246 g/mol. The number of rotatable bonds is 5. The third-order valence-corrected chi connectivity index (χ3v) is 2.96. The Hall–Kier alpha value is -2.18. The molecule has 19 heavy (non-hydrogen) atoms. The van der Waals surface area contributed by atoms with Crippen LogP contribution in [-0.2, 0) is 13.1 Å². The highest BCUT2D eigenvalue weighted by atomic mass is 16.4. The van der Waals surface area contributed by atoms with Crippen LogP contribution in [0.5, 0.6) is 0 Å². The highest BCUT2D eigenvalue weighted by molar-refractivity contribution is 5.86. The zero-order valence-electron chi connectivity index (χ0n) is 11.2. The van der Waals surface area contributed by atoms with Crippen molar-refractivity contribution in [3.05, 3.63) is 29.6 Å². The topological polar surface area (TPSA) is 85.8 Å². The molecule has 2 aromatic heterocycles. The van der Waals surface area contributed by atoms with Crippen molar-refractivity contribution in [1.29, 1.82) is 0 Å². The summed E-state index contributed by atoms with van der Waals surface area (Å²) >= 11 is 0. The second-order valence-electron chi connectivity index (χ2n) is 4.57. The molecule has 0 saturated heterocycles. The van der Waals surface area contributed by atoms with Gasteiger partial charge < -0.3 is 9.67 Å². The van der Waals surface area contributed by atoms with Crippen molar-refractivity contribution in [2.24, 2.45) is 0 Å². The zero-order chi connectivity index (χ0) is 14.0. The van der Waals surface area contributed by atoms with E-state index in [0.717, 1.165) is 12.4 Å². The number of carboxylic acids is 1. The van der Waals surface area contributed by atoms with Crippen molar-refractivity contribution in [3.8, 4) is 0 Å². The van der Waals surface area contributed by atoms with Gasteiger partial charge in [-0.15, -0.1) is 5.10 Å². The van der Waals surface area contributed by atoms with E-state index in [1.54, 1.807) is 10.9 Å². The van der Waals surface area contributed by atoms with Crippen molar-refractivity contribution in [1.82, 2.24) is 24.5 Å². The fraction of sp³-hybridized carbons (Fsp3) is 0.500. The molecular formula is C12H17N5O2. The number of aromatic nitrogens is 5. The van der Waals surface area contributed by atoms with E-state index in [9.17, 15) is 4.79 Å². The molecule has 0 fully saturated rings. The van der Waals surface area contributed by atoms with Crippen LogP contribution in [0.1, 0.15) is 48.7 Å². The van der Waals surface area contributed by atoms with Crippen LogP contribution in [-0.4, -0.2) is 35.6 Å². The number of carbonyl (C=O) groups is 1. The predicted octanol–water partition coefficient (Wildman–Crippen LogP) is 1.36. The molecule has 0 amide bonds. The number of aromatic carboxylic acids is 1. The lowest BCUT2D eigenvalue weighted by Crippen LogP contribution is -2.14. The smallest absolute Gasteiger partial charge is 0.358 e. The highest BCUT2D eigenvalue weighted by Crippen LogP contribution is 2.18. The largest absolute Gasteiger partial charge is 0.476 e. The molecule has 0 aliphatic carbocycles. The average molecular weight is 263 g/mol. The Morgan fingerprint density at radius 3 is 2.79 bits per heavy atom. The Labute approximate surface area is 110 Å². The Kier molecular flexibility index (Phi) is 3.64. The Morgan fingerprint density at radius 1 is 1.47 bits per heavy atom. The molecule has 0 aliphatic rings. The minimum atomic E-state index is -1.05. The standard InChI is InChI=1S/C12H17N5O2/c1-4-16-6-5-13-9(16)7-17-11(8(2)3)10(12(18)19)14-15-17/h5-6,8H,4,7H2,1-3H3,(H,18,19). The molecule has 102 valence electrons. The van der Waals surface area contributed by atoms with E-state index >= 15 is 0 Å². The Balaban J connectivity index is 2.38. The first-order chi connectivity index (χ1) is 9.04. The lowest BCUT2D eigenvalue weighted by molar-refractivity contribution is 0.0688. The van der Waals surface area contributed by atoms with Gasteiger partial charge in [-0.25, -0.2) is 14.5 Å². The molecule has 2 aromatic rings. The SMILES string of the molecule is CCn1ccnc1Cn1nnc(C(=O)O)c1C(C)C. The number of hydrogen-bond acceptors (Lipinski definition) is 4. The fourth-order valence-electron chi connectivity index (χ4n) is 2.07. The maximum atomic E-state index is 11.1. The minimum absolute atomic E-state index is 0.0182. The van der Waals surface area contributed by atoms with Crippen LogP contribution in [0, 0.1) is 0 Å². The predicted molar refractivity (Wildman–Crippen MR) is 68.1 cm³/mol. The van der Waals surface area contributed by atoms with E-state index in [4.69, 9.17) is 5.11 Å². The number of hydrogen-bond donors (Lipinski definition) is 1. The molecule has 0 radical (unpaired) electrons. The first kappa shape index (κ1) is 13.3. The minimum Gasteiger partial charge on any atom is -0.476 e. The van der Waals surface area contributed by atoms with Crippen molar-refractivity contribution >= 4 is 5.97 Å². The van der Waals surface area contributed by atoms with E-state index < -0.39 is 5.97 Å². The Bertz CT molecular complexity index is 585. The van der Waals surface area contributed by atoms with Crippen molar-refractivity contribution < 1.29 is 9.90 Å². The molecule has 0 saturated carbocycles. The quantitative estimate of drug-likeness (QED) is 0.880. The summed E-state index contributed by atoms with van der Waals surface area (Å²) < 4.78 is 3.61. The van der Waals surface area contributed by atoms with Gasteiger partial charge in [-0.3, -0.25) is 0 Å². The second-order valence-corrected chi connectivity index (χ2v) is 4.57. The number of nitrogens with zero attached hydrogens (tertiary/aromatic N) is 5. The molecule has 0 unspecified atom stereocenters. The molecule has 0 atom stereocenters. The summed E-state index contributed by atoms with van der Waals surface area (Å²) in [6.45, 7) is 7.11. The van der Waals surface area contributed by atoms with Gasteiger partial charge in [0, 0.05) is 18.9 Å². The van der Waals surface area contributed by atoms with E-state index in [1.165, 1.54) is 0 Å². The molecule has 7 nitrogen and oxygen atoms in total. The van der Waals surface area contributed by atoms with E-state index in [2.05, 4.69) is 15.3 Å². The summed E-state index contributed by atoms with van der Waals surface area (Å²) in [6, 6.07) is 0. The zero-order valence-corrected chi connectivity index (χ0v) is 11.2. The van der Waals surface area contributed by atoms with Gasteiger partial charge in [0.2, 0.25) is 0 Å². The first-order valence-corrected chi connectivity index (χ1v) is 6.21. The molecule has 2 heterocycles. The normalized spacial score (nSPS) is 11.2. The summed E-state index contributed by atoms with van der Waals surface area (Å²) in [5.41, 5.74) is 0.641. The van der Waals surface area contributed by atoms with Gasteiger partial charge in [-0.1, -0.05) is 19.1 Å².